The van der Waals surface area contributed by atoms with Crippen LogP contribution in [0.1, 0.15) is 34.3 Å². The van der Waals surface area contributed by atoms with E-state index in [2.05, 4.69) is 10.2 Å². The molecule has 9 nitrogen and oxygen atoms in total. The average Bonchev–Trinajstić information content (AvgIpc) is 3.04. The van der Waals surface area contributed by atoms with E-state index in [1.807, 2.05) is 12.1 Å². The quantitative estimate of drug-likeness (QED) is 0.538. The summed E-state index contributed by atoms with van der Waals surface area (Å²) in [6, 6.07) is 5.06. The van der Waals surface area contributed by atoms with Crippen LogP contribution < -0.4 is 11.1 Å². The molecule has 3 aliphatic heterocycles. The summed E-state index contributed by atoms with van der Waals surface area (Å²) in [5.74, 6) is -0.888. The van der Waals surface area contributed by atoms with Crippen molar-refractivity contribution in [1.82, 2.24) is 15.1 Å². The summed E-state index contributed by atoms with van der Waals surface area (Å²) in [5.41, 5.74) is 7.79. The molecular weight excluding hydrogens is 376 g/mol. The fourth-order valence-corrected chi connectivity index (χ4v) is 4.36. The lowest BCUT2D eigenvalue weighted by atomic mass is 9.96. The van der Waals surface area contributed by atoms with E-state index in [4.69, 9.17) is 10.5 Å². The van der Waals surface area contributed by atoms with Crippen molar-refractivity contribution in [1.29, 1.82) is 0 Å². The van der Waals surface area contributed by atoms with E-state index < -0.39 is 17.5 Å². The molecule has 2 unspecified atom stereocenters. The summed E-state index contributed by atoms with van der Waals surface area (Å²) >= 11 is 0. The van der Waals surface area contributed by atoms with E-state index in [9.17, 15) is 19.5 Å². The number of carbonyl (C=O) groups excluding carboxylic acids is 3. The van der Waals surface area contributed by atoms with Gasteiger partial charge in [0.25, 0.3) is 5.91 Å². The van der Waals surface area contributed by atoms with Gasteiger partial charge >= 0.3 is 0 Å². The SMILES string of the molecule is NCC1(CO)COCCN1Cc1ccc2c(c1)CN(C1CCC(=O)NC1=O)C2=O. The zero-order valence-corrected chi connectivity index (χ0v) is 16.2. The second-order valence-electron chi connectivity index (χ2n) is 7.95. The number of amides is 3. The highest BCUT2D eigenvalue weighted by atomic mass is 16.5. The van der Waals surface area contributed by atoms with Crippen molar-refractivity contribution in [3.05, 3.63) is 34.9 Å². The Bertz CT molecular complexity index is 838. The van der Waals surface area contributed by atoms with Gasteiger partial charge in [-0.1, -0.05) is 12.1 Å². The molecule has 3 amide bonds. The molecule has 4 rings (SSSR count). The van der Waals surface area contributed by atoms with Gasteiger partial charge in [-0.05, 0) is 23.6 Å². The Hall–Kier alpha value is -2.33. The largest absolute Gasteiger partial charge is 0.394 e. The van der Waals surface area contributed by atoms with E-state index in [-0.39, 0.29) is 31.4 Å². The van der Waals surface area contributed by atoms with Crippen molar-refractivity contribution in [3.63, 3.8) is 0 Å². The van der Waals surface area contributed by atoms with Crippen molar-refractivity contribution >= 4 is 17.7 Å². The smallest absolute Gasteiger partial charge is 0.255 e. The summed E-state index contributed by atoms with van der Waals surface area (Å²) in [6.07, 6.45) is 0.585. The van der Waals surface area contributed by atoms with Crippen LogP contribution in [0.2, 0.25) is 0 Å². The molecule has 1 aromatic rings. The van der Waals surface area contributed by atoms with Crippen molar-refractivity contribution in [3.8, 4) is 0 Å². The second kappa shape index (κ2) is 7.83. The van der Waals surface area contributed by atoms with Gasteiger partial charge in [0.05, 0.1) is 25.4 Å². The molecule has 3 heterocycles. The van der Waals surface area contributed by atoms with E-state index in [0.29, 0.717) is 44.8 Å². The summed E-state index contributed by atoms with van der Waals surface area (Å²) in [7, 11) is 0. The van der Waals surface area contributed by atoms with Crippen molar-refractivity contribution in [2.75, 3.05) is 32.9 Å². The maximum Gasteiger partial charge on any atom is 0.255 e. The first-order chi connectivity index (χ1) is 14.0. The van der Waals surface area contributed by atoms with Crippen LogP contribution in [0.15, 0.2) is 18.2 Å². The van der Waals surface area contributed by atoms with E-state index >= 15 is 0 Å². The number of nitrogens with two attached hydrogens (primary N) is 1. The Morgan fingerprint density at radius 1 is 1.31 bits per heavy atom. The summed E-state index contributed by atoms with van der Waals surface area (Å²) < 4.78 is 5.53. The Morgan fingerprint density at radius 2 is 2.14 bits per heavy atom. The molecule has 1 aromatic carbocycles. The zero-order chi connectivity index (χ0) is 20.6. The highest BCUT2D eigenvalue weighted by Gasteiger charge is 2.40. The fourth-order valence-electron chi connectivity index (χ4n) is 4.36. The number of nitrogens with one attached hydrogen (secondary N) is 1. The van der Waals surface area contributed by atoms with E-state index in [1.165, 1.54) is 0 Å². The maximum atomic E-state index is 12.8. The highest BCUT2D eigenvalue weighted by Crippen LogP contribution is 2.29. The summed E-state index contributed by atoms with van der Waals surface area (Å²) in [5, 5.41) is 12.2. The Balaban J connectivity index is 1.52. The molecular formula is C20H26N4O5. The number of fused-ring (bicyclic) bond motifs is 1. The van der Waals surface area contributed by atoms with Gasteiger partial charge in [0.1, 0.15) is 6.04 Å². The third-order valence-corrected chi connectivity index (χ3v) is 6.18. The van der Waals surface area contributed by atoms with E-state index in [1.54, 1.807) is 11.0 Å². The number of rotatable bonds is 5. The molecule has 0 saturated carbocycles. The third kappa shape index (κ3) is 3.55. The van der Waals surface area contributed by atoms with Crippen LogP contribution in [0.5, 0.6) is 0 Å². The second-order valence-corrected chi connectivity index (χ2v) is 7.95. The number of carbonyl (C=O) groups is 3. The molecule has 29 heavy (non-hydrogen) atoms. The third-order valence-electron chi connectivity index (χ3n) is 6.18. The van der Waals surface area contributed by atoms with Crippen LogP contribution in [-0.4, -0.2) is 77.1 Å². The number of hydrogen-bond donors (Lipinski definition) is 3. The van der Waals surface area contributed by atoms with Crippen molar-refractivity contribution in [2.24, 2.45) is 5.73 Å². The predicted molar refractivity (Wildman–Crippen MR) is 103 cm³/mol. The van der Waals surface area contributed by atoms with Crippen LogP contribution in [0, 0.1) is 0 Å². The number of morpholine rings is 1. The number of aliphatic hydroxyl groups excluding tert-OH is 1. The van der Waals surface area contributed by atoms with Gasteiger partial charge in [0, 0.05) is 38.2 Å². The fraction of sp³-hybridized carbons (Fsp3) is 0.550. The lowest BCUT2D eigenvalue weighted by molar-refractivity contribution is -0.136. The molecule has 0 radical (unpaired) electrons. The minimum atomic E-state index is -0.616. The Labute approximate surface area is 168 Å². The maximum absolute atomic E-state index is 12.8. The molecule has 0 aromatic heterocycles. The Kier molecular flexibility index (Phi) is 5.39. The number of imide groups is 1. The van der Waals surface area contributed by atoms with Crippen LogP contribution in [-0.2, 0) is 27.4 Å². The normalized spacial score (nSPS) is 27.9. The standard InChI is InChI=1S/C20H26N4O5/c21-10-20(11-25)12-29-6-5-23(20)8-13-1-2-15-14(7-13)9-24(19(15)28)16-3-4-17(26)22-18(16)27/h1-2,7,16,25H,3-6,8-12,21H2,(H,22,26,27). The van der Waals surface area contributed by atoms with Gasteiger partial charge in [-0.25, -0.2) is 0 Å². The summed E-state index contributed by atoms with van der Waals surface area (Å²) in [6.45, 7) is 2.75. The molecule has 0 bridgehead atoms. The van der Waals surface area contributed by atoms with Gasteiger partial charge in [-0.3, -0.25) is 24.6 Å². The summed E-state index contributed by atoms with van der Waals surface area (Å²) in [4.78, 5) is 40.1. The number of benzene rings is 1. The molecule has 9 heteroatoms. The van der Waals surface area contributed by atoms with Gasteiger partial charge in [0.15, 0.2) is 0 Å². The first-order valence-electron chi connectivity index (χ1n) is 9.87. The molecule has 2 atom stereocenters. The first kappa shape index (κ1) is 20.0. The van der Waals surface area contributed by atoms with E-state index in [0.717, 1.165) is 11.1 Å². The van der Waals surface area contributed by atoms with Crippen LogP contribution in [0.25, 0.3) is 0 Å². The van der Waals surface area contributed by atoms with Gasteiger partial charge < -0.3 is 20.5 Å². The number of aliphatic hydroxyl groups is 1. The minimum absolute atomic E-state index is 0.0871. The van der Waals surface area contributed by atoms with Gasteiger partial charge in [-0.2, -0.15) is 0 Å². The Morgan fingerprint density at radius 3 is 2.86 bits per heavy atom. The monoisotopic (exact) mass is 402 g/mol. The zero-order valence-electron chi connectivity index (χ0n) is 16.2. The molecule has 2 fully saturated rings. The van der Waals surface area contributed by atoms with Crippen molar-refractivity contribution in [2.45, 2.75) is 37.5 Å². The number of ether oxygens (including phenoxy) is 1. The lowest BCUT2D eigenvalue weighted by Gasteiger charge is -2.45. The molecule has 3 aliphatic rings. The minimum Gasteiger partial charge on any atom is -0.394 e. The molecule has 0 spiro atoms. The van der Waals surface area contributed by atoms with Crippen molar-refractivity contribution < 1.29 is 24.2 Å². The van der Waals surface area contributed by atoms with Crippen LogP contribution in [0.4, 0.5) is 0 Å². The topological polar surface area (TPSA) is 125 Å². The number of hydrogen-bond acceptors (Lipinski definition) is 7. The molecule has 4 N–H and O–H groups in total. The highest BCUT2D eigenvalue weighted by molar-refractivity contribution is 6.05. The van der Waals surface area contributed by atoms with Gasteiger partial charge in [-0.15, -0.1) is 0 Å². The molecule has 0 aliphatic carbocycles. The lowest BCUT2D eigenvalue weighted by Crippen LogP contribution is -2.62. The number of nitrogens with zero attached hydrogens (tertiary/aromatic N) is 2. The number of piperidine rings is 1. The predicted octanol–water partition coefficient (Wildman–Crippen LogP) is -1.03. The van der Waals surface area contributed by atoms with Gasteiger partial charge in [0.2, 0.25) is 11.8 Å². The molecule has 2 saturated heterocycles. The first-order valence-corrected chi connectivity index (χ1v) is 9.87. The molecule has 156 valence electrons. The van der Waals surface area contributed by atoms with Crippen LogP contribution in [0.3, 0.4) is 0 Å². The average molecular weight is 402 g/mol. The van der Waals surface area contributed by atoms with Crippen LogP contribution >= 0.6 is 0 Å².